The molecule has 150 valence electrons. The van der Waals surface area contributed by atoms with Crippen LogP contribution in [0.25, 0.3) is 0 Å². The van der Waals surface area contributed by atoms with E-state index in [1.165, 1.54) is 6.07 Å². The molecule has 1 aliphatic heterocycles. The van der Waals surface area contributed by atoms with Crippen LogP contribution in [0.3, 0.4) is 0 Å². The number of piperidine rings is 1. The molecule has 5 nitrogen and oxygen atoms in total. The zero-order valence-corrected chi connectivity index (χ0v) is 17.7. The number of benzene rings is 2. The summed E-state index contributed by atoms with van der Waals surface area (Å²) in [5.41, 5.74) is 2.57. The van der Waals surface area contributed by atoms with Gasteiger partial charge in [-0.2, -0.15) is 0 Å². The summed E-state index contributed by atoms with van der Waals surface area (Å²) in [6.07, 6.45) is 3.06. The van der Waals surface area contributed by atoms with Gasteiger partial charge >= 0.3 is 0 Å². The molecule has 1 saturated heterocycles. The number of nitrogens with one attached hydrogen (secondary N) is 1. The third-order valence-electron chi connectivity index (χ3n) is 5.46. The molecule has 1 N–H and O–H groups in total. The first kappa shape index (κ1) is 20.4. The molecular formula is C22H28N2O3S. The SMILES string of the molecule is Cc1ccc(NS(=O)(=O)c2cc(C(=O)N3[C@H](C)CCC[C@@H]3C)ccc2C)cc1. The predicted molar refractivity (Wildman–Crippen MR) is 112 cm³/mol. The second kappa shape index (κ2) is 7.95. The number of amides is 1. The molecule has 0 spiro atoms. The van der Waals surface area contributed by atoms with Crippen LogP contribution in [0.15, 0.2) is 47.4 Å². The lowest BCUT2D eigenvalue weighted by molar-refractivity contribution is 0.0510. The maximum absolute atomic E-state index is 13.1. The standard InChI is InChI=1S/C22H28N2O3S/c1-15-8-12-20(13-9-15)23-28(26,27)21-14-19(11-10-16(21)2)22(25)24-17(3)6-5-7-18(24)4/h8-14,17-18,23H,5-7H2,1-4H3/t17-,18+. The molecule has 1 amide bonds. The van der Waals surface area contributed by atoms with Crippen molar-refractivity contribution in [2.45, 2.75) is 63.9 Å². The zero-order chi connectivity index (χ0) is 20.5. The van der Waals surface area contributed by atoms with Crippen molar-refractivity contribution in [2.24, 2.45) is 0 Å². The van der Waals surface area contributed by atoms with Gasteiger partial charge in [0.15, 0.2) is 0 Å². The van der Waals surface area contributed by atoms with Crippen LogP contribution in [-0.2, 0) is 10.0 Å². The first-order chi connectivity index (χ1) is 13.2. The Morgan fingerprint density at radius 3 is 2.21 bits per heavy atom. The molecule has 6 heteroatoms. The van der Waals surface area contributed by atoms with Crippen LogP contribution >= 0.6 is 0 Å². The Morgan fingerprint density at radius 1 is 1.00 bits per heavy atom. The molecule has 0 saturated carbocycles. The van der Waals surface area contributed by atoms with E-state index in [1.54, 1.807) is 31.2 Å². The topological polar surface area (TPSA) is 66.5 Å². The van der Waals surface area contributed by atoms with Crippen molar-refractivity contribution < 1.29 is 13.2 Å². The van der Waals surface area contributed by atoms with Crippen molar-refractivity contribution in [3.63, 3.8) is 0 Å². The molecule has 3 rings (SSSR count). The largest absolute Gasteiger partial charge is 0.333 e. The average molecular weight is 401 g/mol. The maximum atomic E-state index is 13.1. The third-order valence-corrected chi connectivity index (χ3v) is 6.98. The van der Waals surface area contributed by atoms with E-state index in [0.29, 0.717) is 16.8 Å². The fraction of sp³-hybridized carbons (Fsp3) is 0.409. The van der Waals surface area contributed by atoms with E-state index in [2.05, 4.69) is 18.6 Å². The number of sulfonamides is 1. The van der Waals surface area contributed by atoms with E-state index in [0.717, 1.165) is 24.8 Å². The molecule has 0 aliphatic carbocycles. The van der Waals surface area contributed by atoms with Crippen molar-refractivity contribution in [2.75, 3.05) is 4.72 Å². The molecule has 1 heterocycles. The summed E-state index contributed by atoms with van der Waals surface area (Å²) in [5, 5.41) is 0. The molecule has 2 atom stereocenters. The highest BCUT2D eigenvalue weighted by atomic mass is 32.2. The Bertz CT molecular complexity index is 958. The molecule has 0 aromatic heterocycles. The van der Waals surface area contributed by atoms with Crippen molar-refractivity contribution in [3.05, 3.63) is 59.2 Å². The number of anilines is 1. The van der Waals surface area contributed by atoms with Crippen LogP contribution in [0.4, 0.5) is 5.69 Å². The second-order valence-electron chi connectivity index (χ2n) is 7.79. The van der Waals surface area contributed by atoms with Gasteiger partial charge in [-0.1, -0.05) is 23.8 Å². The van der Waals surface area contributed by atoms with E-state index in [1.807, 2.05) is 24.0 Å². The Hall–Kier alpha value is -2.34. The fourth-order valence-corrected chi connectivity index (χ4v) is 5.16. The highest BCUT2D eigenvalue weighted by molar-refractivity contribution is 7.92. The Labute approximate surface area is 167 Å². The lowest BCUT2D eigenvalue weighted by atomic mass is 9.96. The van der Waals surface area contributed by atoms with E-state index < -0.39 is 10.0 Å². The minimum atomic E-state index is -3.79. The Kier molecular flexibility index (Phi) is 5.79. The lowest BCUT2D eigenvalue weighted by Crippen LogP contribution is -2.47. The minimum absolute atomic E-state index is 0.105. The number of hydrogen-bond acceptors (Lipinski definition) is 3. The summed E-state index contributed by atoms with van der Waals surface area (Å²) in [7, 11) is -3.79. The molecule has 0 unspecified atom stereocenters. The highest BCUT2D eigenvalue weighted by Gasteiger charge is 2.30. The first-order valence-corrected chi connectivity index (χ1v) is 11.2. The normalized spacial score (nSPS) is 20.1. The fourth-order valence-electron chi connectivity index (χ4n) is 3.83. The van der Waals surface area contributed by atoms with Gasteiger partial charge in [0.2, 0.25) is 0 Å². The molecule has 1 fully saturated rings. The van der Waals surface area contributed by atoms with Gasteiger partial charge in [0.05, 0.1) is 4.90 Å². The van der Waals surface area contributed by atoms with Crippen molar-refractivity contribution >= 4 is 21.6 Å². The predicted octanol–water partition coefficient (Wildman–Crippen LogP) is 4.51. The van der Waals surface area contributed by atoms with Crippen LogP contribution in [0.5, 0.6) is 0 Å². The third kappa shape index (κ3) is 4.22. The monoisotopic (exact) mass is 400 g/mol. The van der Waals surface area contributed by atoms with Crippen LogP contribution in [0.1, 0.15) is 54.6 Å². The summed E-state index contributed by atoms with van der Waals surface area (Å²) >= 11 is 0. The molecular weight excluding hydrogens is 372 g/mol. The number of aryl methyl sites for hydroxylation is 2. The van der Waals surface area contributed by atoms with Gasteiger partial charge in [-0.15, -0.1) is 0 Å². The molecule has 1 aliphatic rings. The minimum Gasteiger partial charge on any atom is -0.333 e. The second-order valence-corrected chi connectivity index (χ2v) is 9.44. The molecule has 28 heavy (non-hydrogen) atoms. The van der Waals surface area contributed by atoms with Crippen LogP contribution in [0.2, 0.25) is 0 Å². The van der Waals surface area contributed by atoms with Crippen LogP contribution < -0.4 is 4.72 Å². The summed E-state index contributed by atoms with van der Waals surface area (Å²) in [5.74, 6) is -0.105. The van der Waals surface area contributed by atoms with Gasteiger partial charge in [-0.25, -0.2) is 8.42 Å². The van der Waals surface area contributed by atoms with E-state index >= 15 is 0 Å². The zero-order valence-electron chi connectivity index (χ0n) is 16.9. The highest BCUT2D eigenvalue weighted by Crippen LogP contribution is 2.27. The maximum Gasteiger partial charge on any atom is 0.262 e. The molecule has 2 aromatic carbocycles. The summed E-state index contributed by atoms with van der Waals surface area (Å²) in [6, 6.07) is 12.4. The number of likely N-dealkylation sites (tertiary alicyclic amines) is 1. The summed E-state index contributed by atoms with van der Waals surface area (Å²) in [6.45, 7) is 7.79. The number of carbonyl (C=O) groups excluding carboxylic acids is 1. The van der Waals surface area contributed by atoms with Gasteiger partial charge in [-0.3, -0.25) is 9.52 Å². The van der Waals surface area contributed by atoms with E-state index in [4.69, 9.17) is 0 Å². The first-order valence-electron chi connectivity index (χ1n) is 9.72. The Morgan fingerprint density at radius 2 is 1.61 bits per heavy atom. The van der Waals surface area contributed by atoms with Gasteiger partial charge in [0.1, 0.15) is 0 Å². The Balaban J connectivity index is 1.92. The van der Waals surface area contributed by atoms with E-state index in [9.17, 15) is 13.2 Å². The smallest absolute Gasteiger partial charge is 0.262 e. The van der Waals surface area contributed by atoms with Gasteiger partial charge in [-0.05, 0) is 76.8 Å². The number of rotatable bonds is 4. The molecule has 0 bridgehead atoms. The van der Waals surface area contributed by atoms with Gasteiger partial charge in [0, 0.05) is 23.3 Å². The van der Waals surface area contributed by atoms with Crippen LogP contribution in [-0.4, -0.2) is 31.3 Å². The van der Waals surface area contributed by atoms with Crippen molar-refractivity contribution in [1.82, 2.24) is 4.90 Å². The quantitative estimate of drug-likeness (QED) is 0.821. The van der Waals surface area contributed by atoms with E-state index in [-0.39, 0.29) is 22.9 Å². The van der Waals surface area contributed by atoms with Crippen LogP contribution in [0, 0.1) is 13.8 Å². The summed E-state index contributed by atoms with van der Waals surface area (Å²) in [4.78, 5) is 15.1. The molecule has 0 radical (unpaired) electrons. The lowest BCUT2D eigenvalue weighted by Gasteiger charge is -2.39. The van der Waals surface area contributed by atoms with Gasteiger partial charge < -0.3 is 4.90 Å². The molecule has 2 aromatic rings. The van der Waals surface area contributed by atoms with Crippen molar-refractivity contribution in [1.29, 1.82) is 0 Å². The number of nitrogens with zero attached hydrogens (tertiary/aromatic N) is 1. The average Bonchev–Trinajstić information content (AvgIpc) is 2.63. The van der Waals surface area contributed by atoms with Gasteiger partial charge in [0.25, 0.3) is 15.9 Å². The summed E-state index contributed by atoms with van der Waals surface area (Å²) < 4.78 is 28.5. The van der Waals surface area contributed by atoms with Crippen molar-refractivity contribution in [3.8, 4) is 0 Å². The number of carbonyl (C=O) groups is 1. The number of hydrogen-bond donors (Lipinski definition) is 1.